The van der Waals surface area contributed by atoms with Gasteiger partial charge in [0.1, 0.15) is 0 Å². The van der Waals surface area contributed by atoms with Crippen LogP contribution in [0.4, 0.5) is 0 Å². The van der Waals surface area contributed by atoms with Crippen LogP contribution in [0.2, 0.25) is 0 Å². The van der Waals surface area contributed by atoms with Crippen LogP contribution in [-0.2, 0) is 0 Å². The van der Waals surface area contributed by atoms with E-state index in [2.05, 4.69) is 65.7 Å². The van der Waals surface area contributed by atoms with Crippen molar-refractivity contribution in [3.8, 4) is 0 Å². The Bertz CT molecular complexity index is 625. The van der Waals surface area contributed by atoms with Gasteiger partial charge in [0.2, 0.25) is 0 Å². The Morgan fingerprint density at radius 3 is 2.09 bits per heavy atom. The van der Waals surface area contributed by atoms with Crippen LogP contribution in [-0.4, -0.2) is 11.1 Å². The lowest BCUT2D eigenvalue weighted by atomic mass is 9.67. The molecule has 4 rings (SSSR count). The van der Waals surface area contributed by atoms with Crippen molar-refractivity contribution >= 4 is 0 Å². The van der Waals surface area contributed by atoms with Crippen molar-refractivity contribution in [2.24, 2.45) is 11.8 Å². The summed E-state index contributed by atoms with van der Waals surface area (Å²) in [6.07, 6.45) is 6.37. The molecule has 2 aromatic rings. The molecule has 1 aliphatic carbocycles. The summed E-state index contributed by atoms with van der Waals surface area (Å²) in [5, 5.41) is 2.19. The van der Waals surface area contributed by atoms with Crippen LogP contribution in [0.15, 0.2) is 60.7 Å². The van der Waals surface area contributed by atoms with E-state index in [0.717, 1.165) is 6.42 Å². The molecule has 4 unspecified atom stereocenters. The van der Waals surface area contributed by atoms with Crippen LogP contribution in [0.5, 0.6) is 0 Å². The molecule has 1 saturated heterocycles. The fourth-order valence-electron chi connectivity index (χ4n) is 4.81. The molecular weight excluding hydrogens is 280 g/mol. The third kappa shape index (κ3) is 2.82. The Hall–Kier alpha value is -1.64. The van der Waals surface area contributed by atoms with E-state index in [-0.39, 0.29) is 0 Å². The number of rotatable bonds is 2. The van der Waals surface area contributed by atoms with Crippen molar-refractivity contribution in [1.29, 1.82) is 0 Å². The number of fused-ring (bicyclic) bond motifs is 1. The van der Waals surface area contributed by atoms with Crippen LogP contribution in [0.3, 0.4) is 0 Å². The van der Waals surface area contributed by atoms with Gasteiger partial charge in [-0.3, -0.25) is 5.84 Å². The standard InChI is InChI=1S/C21H26N2/c22-23-20-14-8-7-13-18(20)19(16-9-3-1-4-10-16)15-21(23)17-11-5-2-6-12-17/h1-6,9-12,18-21H,7-8,13-15,22H2. The highest BCUT2D eigenvalue weighted by molar-refractivity contribution is 5.26. The van der Waals surface area contributed by atoms with E-state index in [1.165, 1.54) is 36.8 Å². The first-order chi connectivity index (χ1) is 11.3. The second-order valence-corrected chi connectivity index (χ2v) is 7.14. The van der Waals surface area contributed by atoms with Gasteiger partial charge in [-0.15, -0.1) is 0 Å². The summed E-state index contributed by atoms with van der Waals surface area (Å²) < 4.78 is 0. The maximum absolute atomic E-state index is 6.64. The predicted molar refractivity (Wildman–Crippen MR) is 94.8 cm³/mol. The van der Waals surface area contributed by atoms with Crippen molar-refractivity contribution in [3.63, 3.8) is 0 Å². The zero-order valence-electron chi connectivity index (χ0n) is 13.6. The molecule has 0 amide bonds. The molecular formula is C21H26N2. The Morgan fingerprint density at radius 2 is 1.39 bits per heavy atom. The van der Waals surface area contributed by atoms with Crippen molar-refractivity contribution in [3.05, 3.63) is 71.8 Å². The summed E-state index contributed by atoms with van der Waals surface area (Å²) in [5.41, 5.74) is 2.86. The third-order valence-electron chi connectivity index (χ3n) is 5.93. The van der Waals surface area contributed by atoms with E-state index in [0.29, 0.717) is 23.9 Å². The predicted octanol–water partition coefficient (Wildman–Crippen LogP) is 4.65. The van der Waals surface area contributed by atoms with E-state index in [1.54, 1.807) is 0 Å². The zero-order chi connectivity index (χ0) is 15.6. The van der Waals surface area contributed by atoms with Crippen LogP contribution in [0.1, 0.15) is 55.2 Å². The first-order valence-electron chi connectivity index (χ1n) is 8.97. The van der Waals surface area contributed by atoms with Gasteiger partial charge in [0.25, 0.3) is 0 Å². The van der Waals surface area contributed by atoms with E-state index in [1.807, 2.05) is 0 Å². The van der Waals surface area contributed by atoms with Crippen molar-refractivity contribution in [2.45, 2.75) is 50.1 Å². The van der Waals surface area contributed by atoms with Crippen molar-refractivity contribution < 1.29 is 0 Å². The average molecular weight is 306 g/mol. The normalized spacial score (nSPS) is 31.5. The lowest BCUT2D eigenvalue weighted by molar-refractivity contribution is -0.00149. The van der Waals surface area contributed by atoms with Gasteiger partial charge in [-0.25, -0.2) is 5.01 Å². The van der Waals surface area contributed by atoms with Crippen molar-refractivity contribution in [1.82, 2.24) is 5.01 Å². The SMILES string of the molecule is NN1C(c2ccccc2)CC(c2ccccc2)C2CCCCC21. The van der Waals surface area contributed by atoms with E-state index in [9.17, 15) is 0 Å². The van der Waals surface area contributed by atoms with Gasteiger partial charge in [0, 0.05) is 12.1 Å². The van der Waals surface area contributed by atoms with Crippen molar-refractivity contribution in [2.75, 3.05) is 0 Å². The van der Waals surface area contributed by atoms with Crippen LogP contribution in [0.25, 0.3) is 0 Å². The van der Waals surface area contributed by atoms with E-state index >= 15 is 0 Å². The quantitative estimate of drug-likeness (QED) is 0.818. The number of hydrogen-bond donors (Lipinski definition) is 1. The van der Waals surface area contributed by atoms with E-state index < -0.39 is 0 Å². The summed E-state index contributed by atoms with van der Waals surface area (Å²) >= 11 is 0. The molecule has 23 heavy (non-hydrogen) atoms. The highest BCUT2D eigenvalue weighted by atomic mass is 15.4. The van der Waals surface area contributed by atoms with Crippen LogP contribution in [0, 0.1) is 5.92 Å². The Balaban J connectivity index is 1.70. The molecule has 2 heteroatoms. The maximum Gasteiger partial charge on any atom is 0.0499 e. The summed E-state index contributed by atoms with van der Waals surface area (Å²) in [6.45, 7) is 0. The Labute approximate surface area is 139 Å². The fourth-order valence-corrected chi connectivity index (χ4v) is 4.81. The van der Waals surface area contributed by atoms with Gasteiger partial charge in [-0.1, -0.05) is 73.5 Å². The lowest BCUT2D eigenvalue weighted by Crippen LogP contribution is -2.54. The second-order valence-electron chi connectivity index (χ2n) is 7.14. The highest BCUT2D eigenvalue weighted by Gasteiger charge is 2.43. The number of nitrogens with zero attached hydrogens (tertiary/aromatic N) is 1. The maximum atomic E-state index is 6.64. The molecule has 1 heterocycles. The van der Waals surface area contributed by atoms with Gasteiger partial charge < -0.3 is 0 Å². The summed E-state index contributed by atoms with van der Waals surface area (Å²) in [4.78, 5) is 0. The zero-order valence-corrected chi connectivity index (χ0v) is 13.6. The molecule has 0 radical (unpaired) electrons. The molecule has 120 valence electrons. The van der Waals surface area contributed by atoms with Crippen LogP contribution < -0.4 is 5.84 Å². The average Bonchev–Trinajstić information content (AvgIpc) is 2.64. The molecule has 0 aromatic heterocycles. The molecule has 2 fully saturated rings. The number of benzene rings is 2. The molecule has 1 aliphatic heterocycles. The van der Waals surface area contributed by atoms with E-state index in [4.69, 9.17) is 5.84 Å². The number of nitrogens with two attached hydrogens (primary N) is 1. The summed E-state index contributed by atoms with van der Waals surface area (Å²) in [7, 11) is 0. The Kier molecular flexibility index (Phi) is 4.19. The number of hydrogen-bond acceptors (Lipinski definition) is 2. The summed E-state index contributed by atoms with van der Waals surface area (Å²) in [5.74, 6) is 7.98. The fraction of sp³-hybridized carbons (Fsp3) is 0.429. The molecule has 2 nitrogen and oxygen atoms in total. The second kappa shape index (κ2) is 6.46. The van der Waals surface area contributed by atoms with Gasteiger partial charge in [0.05, 0.1) is 0 Å². The van der Waals surface area contributed by atoms with Gasteiger partial charge in [-0.05, 0) is 42.2 Å². The monoisotopic (exact) mass is 306 g/mol. The molecule has 0 spiro atoms. The minimum atomic E-state index is 0.334. The first-order valence-corrected chi connectivity index (χ1v) is 8.97. The minimum Gasteiger partial charge on any atom is -0.268 e. The third-order valence-corrected chi connectivity index (χ3v) is 5.93. The lowest BCUT2D eigenvalue weighted by Gasteiger charge is -2.50. The largest absolute Gasteiger partial charge is 0.268 e. The molecule has 2 N–H and O–H groups in total. The molecule has 2 aromatic carbocycles. The topological polar surface area (TPSA) is 29.3 Å². The van der Waals surface area contributed by atoms with Gasteiger partial charge >= 0.3 is 0 Å². The molecule has 0 bridgehead atoms. The first kappa shape index (κ1) is 14.9. The number of piperidine rings is 1. The number of hydrazine groups is 1. The molecule has 2 aliphatic rings. The van der Waals surface area contributed by atoms with Gasteiger partial charge in [0.15, 0.2) is 0 Å². The Morgan fingerprint density at radius 1 is 0.783 bits per heavy atom. The van der Waals surface area contributed by atoms with Crippen LogP contribution >= 0.6 is 0 Å². The molecule has 4 atom stereocenters. The summed E-state index contributed by atoms with van der Waals surface area (Å²) in [6, 6.07) is 22.8. The smallest absolute Gasteiger partial charge is 0.0499 e. The highest BCUT2D eigenvalue weighted by Crippen LogP contribution is 2.49. The minimum absolute atomic E-state index is 0.334. The van der Waals surface area contributed by atoms with Gasteiger partial charge in [-0.2, -0.15) is 0 Å². The molecule has 1 saturated carbocycles.